The summed E-state index contributed by atoms with van der Waals surface area (Å²) in [6, 6.07) is 0. The van der Waals surface area contributed by atoms with Crippen LogP contribution in [-0.2, 0) is 28.6 Å². The Morgan fingerprint density at radius 3 is 1.03 bits per heavy atom. The smallest absolute Gasteiger partial charge is 0.306 e. The standard InChI is InChI=1S/C57H96O6/c1-4-7-10-13-16-19-22-24-26-27-28-29-31-32-35-38-41-44-47-50-56(59)62-53-54(52-61-55(58)49-46-43-40-37-34-21-18-15-12-9-6-3)63-57(60)51-48-45-42-39-36-33-30-25-23-20-17-14-11-8-5-2/h8,11,14,16-17,19-20,22-25,30,33,36,54H,4-7,9-10,12-13,15,18,21,26-29,31-32,34-35,37-53H2,1-3H3/b11-8-,17-14-,19-16-,23-20-,24-22-,30-25-,36-33-. The van der Waals surface area contributed by atoms with E-state index in [1.807, 2.05) is 48.6 Å². The van der Waals surface area contributed by atoms with Crippen LogP contribution in [0.2, 0.25) is 0 Å². The van der Waals surface area contributed by atoms with Gasteiger partial charge >= 0.3 is 17.9 Å². The number of unbranched alkanes of at least 4 members (excludes halogenated alkanes) is 26. The number of allylic oxidation sites excluding steroid dienone is 14. The zero-order chi connectivity index (χ0) is 45.8. The second kappa shape index (κ2) is 51.2. The van der Waals surface area contributed by atoms with Crippen LogP contribution in [0.4, 0.5) is 0 Å². The summed E-state index contributed by atoms with van der Waals surface area (Å²) in [5, 5.41) is 0. The molecule has 360 valence electrons. The third kappa shape index (κ3) is 49.5. The zero-order valence-electron chi connectivity index (χ0n) is 41.1. The predicted octanol–water partition coefficient (Wildman–Crippen LogP) is 17.2. The Kier molecular flexibility index (Phi) is 48.5. The van der Waals surface area contributed by atoms with Gasteiger partial charge in [0.15, 0.2) is 6.10 Å². The second-order valence-corrected chi connectivity index (χ2v) is 17.2. The third-order valence-electron chi connectivity index (χ3n) is 11.0. The summed E-state index contributed by atoms with van der Waals surface area (Å²) in [6.45, 7) is 6.42. The molecule has 0 heterocycles. The molecule has 0 aromatic carbocycles. The van der Waals surface area contributed by atoms with Crippen molar-refractivity contribution in [3.8, 4) is 0 Å². The Morgan fingerprint density at radius 1 is 0.333 bits per heavy atom. The molecular weight excluding hydrogens is 781 g/mol. The highest BCUT2D eigenvalue weighted by molar-refractivity contribution is 5.71. The summed E-state index contributed by atoms with van der Waals surface area (Å²) < 4.78 is 16.8. The SMILES string of the molecule is CC\C=C/C=C\C=C/C=C\C=C/CCCCCC(=O)OC(COC(=O)CCCCCCCCCCCCC)COC(=O)CCCCCCCCCCCC/C=C\C=C/CCCCC. The van der Waals surface area contributed by atoms with Crippen molar-refractivity contribution >= 4 is 17.9 Å². The van der Waals surface area contributed by atoms with Gasteiger partial charge in [-0.3, -0.25) is 14.4 Å². The lowest BCUT2D eigenvalue weighted by molar-refractivity contribution is -0.167. The molecule has 0 amide bonds. The van der Waals surface area contributed by atoms with Gasteiger partial charge < -0.3 is 14.2 Å². The number of hydrogen-bond donors (Lipinski definition) is 0. The monoisotopic (exact) mass is 877 g/mol. The second-order valence-electron chi connectivity index (χ2n) is 17.2. The molecule has 1 unspecified atom stereocenters. The molecule has 0 aliphatic carbocycles. The van der Waals surface area contributed by atoms with Gasteiger partial charge in [0.25, 0.3) is 0 Å². The van der Waals surface area contributed by atoms with Gasteiger partial charge in [-0.25, -0.2) is 0 Å². The van der Waals surface area contributed by atoms with Crippen molar-refractivity contribution in [1.29, 1.82) is 0 Å². The maximum Gasteiger partial charge on any atom is 0.306 e. The number of hydrogen-bond acceptors (Lipinski definition) is 6. The molecule has 0 rings (SSSR count). The Labute approximate surface area is 388 Å². The molecule has 0 radical (unpaired) electrons. The normalized spacial score (nSPS) is 12.7. The molecule has 1 atom stereocenters. The van der Waals surface area contributed by atoms with Gasteiger partial charge in [0, 0.05) is 19.3 Å². The average Bonchev–Trinajstić information content (AvgIpc) is 3.28. The quantitative estimate of drug-likeness (QED) is 0.0262. The lowest BCUT2D eigenvalue weighted by Crippen LogP contribution is -2.30. The Hall–Kier alpha value is -3.41. The maximum atomic E-state index is 12.8. The third-order valence-corrected chi connectivity index (χ3v) is 11.0. The fourth-order valence-electron chi connectivity index (χ4n) is 7.10. The summed E-state index contributed by atoms with van der Waals surface area (Å²) >= 11 is 0. The molecule has 0 spiro atoms. The van der Waals surface area contributed by atoms with Crippen molar-refractivity contribution in [1.82, 2.24) is 0 Å². The van der Waals surface area contributed by atoms with Crippen LogP contribution in [0.5, 0.6) is 0 Å². The summed E-state index contributed by atoms with van der Waals surface area (Å²) in [4.78, 5) is 38.0. The van der Waals surface area contributed by atoms with Crippen LogP contribution in [0.1, 0.15) is 239 Å². The predicted molar refractivity (Wildman–Crippen MR) is 270 cm³/mol. The number of ether oxygens (including phenoxy) is 3. The maximum absolute atomic E-state index is 12.8. The number of carbonyl (C=O) groups is 3. The van der Waals surface area contributed by atoms with Crippen molar-refractivity contribution in [3.63, 3.8) is 0 Å². The molecule has 63 heavy (non-hydrogen) atoms. The molecular formula is C57H96O6. The van der Waals surface area contributed by atoms with Crippen LogP contribution in [0.15, 0.2) is 85.1 Å². The molecule has 0 aliphatic heterocycles. The van der Waals surface area contributed by atoms with Gasteiger partial charge in [-0.05, 0) is 64.2 Å². The van der Waals surface area contributed by atoms with Crippen molar-refractivity contribution in [2.75, 3.05) is 13.2 Å². The minimum atomic E-state index is -0.798. The Morgan fingerprint density at radius 2 is 0.619 bits per heavy atom. The average molecular weight is 877 g/mol. The molecule has 6 nitrogen and oxygen atoms in total. The van der Waals surface area contributed by atoms with Crippen molar-refractivity contribution in [2.24, 2.45) is 0 Å². The van der Waals surface area contributed by atoms with Gasteiger partial charge in [-0.15, -0.1) is 0 Å². The van der Waals surface area contributed by atoms with E-state index in [0.29, 0.717) is 19.3 Å². The van der Waals surface area contributed by atoms with Gasteiger partial charge in [-0.1, -0.05) is 241 Å². The fourth-order valence-corrected chi connectivity index (χ4v) is 7.10. The first kappa shape index (κ1) is 59.6. The highest BCUT2D eigenvalue weighted by Crippen LogP contribution is 2.15. The van der Waals surface area contributed by atoms with Gasteiger partial charge in [0.1, 0.15) is 13.2 Å². The molecule has 0 aromatic rings. The number of carbonyl (C=O) groups excluding carboxylic acids is 3. The van der Waals surface area contributed by atoms with E-state index < -0.39 is 6.10 Å². The number of esters is 3. The number of rotatable bonds is 46. The highest BCUT2D eigenvalue weighted by atomic mass is 16.6. The first-order valence-electron chi connectivity index (χ1n) is 26.2. The van der Waals surface area contributed by atoms with Gasteiger partial charge in [-0.2, -0.15) is 0 Å². The zero-order valence-corrected chi connectivity index (χ0v) is 41.1. The summed E-state index contributed by atoms with van der Waals surface area (Å²) in [7, 11) is 0. The van der Waals surface area contributed by atoms with E-state index in [4.69, 9.17) is 14.2 Å². The molecule has 0 saturated heterocycles. The first-order valence-corrected chi connectivity index (χ1v) is 26.2. The molecule has 0 fully saturated rings. The highest BCUT2D eigenvalue weighted by Gasteiger charge is 2.19. The van der Waals surface area contributed by atoms with E-state index in [-0.39, 0.29) is 37.5 Å². The molecule has 0 bridgehead atoms. The van der Waals surface area contributed by atoms with E-state index in [9.17, 15) is 14.4 Å². The van der Waals surface area contributed by atoms with Crippen molar-refractivity contribution < 1.29 is 28.6 Å². The minimum absolute atomic E-state index is 0.0938. The lowest BCUT2D eigenvalue weighted by Gasteiger charge is -2.18. The van der Waals surface area contributed by atoms with Crippen LogP contribution < -0.4 is 0 Å². The summed E-state index contributed by atoms with van der Waals surface area (Å²) in [5.41, 5.74) is 0. The first-order chi connectivity index (χ1) is 31.0. The van der Waals surface area contributed by atoms with Crippen LogP contribution in [0, 0.1) is 0 Å². The van der Waals surface area contributed by atoms with Crippen LogP contribution >= 0.6 is 0 Å². The van der Waals surface area contributed by atoms with Gasteiger partial charge in [0.05, 0.1) is 0 Å². The summed E-state index contributed by atoms with van der Waals surface area (Å²) in [6.07, 6.45) is 65.6. The van der Waals surface area contributed by atoms with E-state index >= 15 is 0 Å². The molecule has 6 heteroatoms. The van der Waals surface area contributed by atoms with Crippen LogP contribution in [-0.4, -0.2) is 37.2 Å². The fraction of sp³-hybridized carbons (Fsp3) is 0.702. The summed E-state index contributed by atoms with van der Waals surface area (Å²) in [5.74, 6) is -0.939. The minimum Gasteiger partial charge on any atom is -0.462 e. The Balaban J connectivity index is 4.41. The molecule has 0 N–H and O–H groups in total. The van der Waals surface area contributed by atoms with Gasteiger partial charge in [0.2, 0.25) is 0 Å². The van der Waals surface area contributed by atoms with Crippen LogP contribution in [0.3, 0.4) is 0 Å². The molecule has 0 saturated carbocycles. The largest absolute Gasteiger partial charge is 0.462 e. The molecule has 0 aliphatic rings. The van der Waals surface area contributed by atoms with E-state index in [2.05, 4.69) is 57.2 Å². The lowest BCUT2D eigenvalue weighted by atomic mass is 10.1. The Bertz CT molecular complexity index is 1240. The van der Waals surface area contributed by atoms with Crippen molar-refractivity contribution in [2.45, 2.75) is 245 Å². The van der Waals surface area contributed by atoms with Crippen LogP contribution in [0.25, 0.3) is 0 Å². The molecule has 0 aromatic heterocycles. The van der Waals surface area contributed by atoms with E-state index in [1.165, 1.54) is 128 Å². The van der Waals surface area contributed by atoms with Crippen molar-refractivity contribution in [3.05, 3.63) is 85.1 Å². The topological polar surface area (TPSA) is 78.9 Å². The van der Waals surface area contributed by atoms with E-state index in [1.54, 1.807) is 0 Å². The van der Waals surface area contributed by atoms with E-state index in [0.717, 1.165) is 64.2 Å².